The van der Waals surface area contributed by atoms with E-state index in [1.807, 2.05) is 36.4 Å². The van der Waals surface area contributed by atoms with Crippen LogP contribution in [0.4, 0.5) is 5.69 Å². The number of allylic oxidation sites excluding steroid dienone is 2. The molecule has 0 saturated heterocycles. The summed E-state index contributed by atoms with van der Waals surface area (Å²) in [5.74, 6) is 0. The number of benzene rings is 2. The van der Waals surface area contributed by atoms with Crippen LogP contribution in [0.1, 0.15) is 18.1 Å². The lowest BCUT2D eigenvalue weighted by Crippen LogP contribution is -2.30. The molecule has 4 nitrogen and oxygen atoms in total. The van der Waals surface area contributed by atoms with Crippen LogP contribution in [0.15, 0.2) is 65.0 Å². The van der Waals surface area contributed by atoms with Crippen molar-refractivity contribution in [3.05, 3.63) is 76.0 Å². The molecule has 1 aliphatic carbocycles. The second-order valence-electron chi connectivity index (χ2n) is 6.38. The number of aromatic nitrogens is 1. The summed E-state index contributed by atoms with van der Waals surface area (Å²) in [5, 5.41) is 15.5. The number of anilines is 1. The first kappa shape index (κ1) is 13.6. The fourth-order valence-electron chi connectivity index (χ4n) is 3.76. The number of aromatic amines is 1. The van der Waals surface area contributed by atoms with Crippen LogP contribution in [-0.2, 0) is 0 Å². The third-order valence-corrected chi connectivity index (χ3v) is 4.97. The molecule has 0 bridgehead atoms. The molecular formula is C20H16N2O2. The highest BCUT2D eigenvalue weighted by Crippen LogP contribution is 2.39. The van der Waals surface area contributed by atoms with Gasteiger partial charge >= 0.3 is 0 Å². The van der Waals surface area contributed by atoms with Gasteiger partial charge in [0.1, 0.15) is 6.10 Å². The van der Waals surface area contributed by atoms with Crippen molar-refractivity contribution in [2.45, 2.75) is 18.6 Å². The topological polar surface area (TPSA) is 65.1 Å². The van der Waals surface area contributed by atoms with Crippen LogP contribution in [0.25, 0.3) is 21.8 Å². The molecule has 5 rings (SSSR count). The van der Waals surface area contributed by atoms with Gasteiger partial charge in [0.05, 0.1) is 11.6 Å². The van der Waals surface area contributed by atoms with Gasteiger partial charge in [0.25, 0.3) is 0 Å². The highest BCUT2D eigenvalue weighted by Gasteiger charge is 2.30. The van der Waals surface area contributed by atoms with Crippen molar-refractivity contribution in [3.8, 4) is 0 Å². The van der Waals surface area contributed by atoms with Crippen molar-refractivity contribution >= 4 is 27.5 Å². The van der Waals surface area contributed by atoms with Gasteiger partial charge in [-0.3, -0.25) is 4.79 Å². The summed E-state index contributed by atoms with van der Waals surface area (Å²) in [7, 11) is 0. The monoisotopic (exact) mass is 316 g/mol. The molecule has 2 aromatic carbocycles. The Balaban J connectivity index is 1.81. The number of hydrogen-bond acceptors (Lipinski definition) is 3. The van der Waals surface area contributed by atoms with Gasteiger partial charge in [-0.05, 0) is 36.3 Å². The number of rotatable bonds is 0. The highest BCUT2D eigenvalue weighted by atomic mass is 16.3. The summed E-state index contributed by atoms with van der Waals surface area (Å²) in [5.41, 5.74) is 4.19. The number of para-hydroxylation sites is 1. The second-order valence-corrected chi connectivity index (χ2v) is 6.38. The molecule has 24 heavy (non-hydrogen) atoms. The first-order chi connectivity index (χ1) is 11.7. The number of aliphatic hydroxyl groups is 1. The fourth-order valence-corrected chi connectivity index (χ4v) is 3.76. The van der Waals surface area contributed by atoms with Crippen molar-refractivity contribution in [2.75, 3.05) is 5.32 Å². The summed E-state index contributed by atoms with van der Waals surface area (Å²) in [6.45, 7) is 0. The standard InChI is InChI=1S/C20H16N2O2/c23-19-11-5-1-3-7-15(11)21-17-10-14-18(9-13(17)19)22-16-8-4-2-6-12(16)20(14)24/h1,3-10,16,20,22,24H,2H2,(H,21,23). The third kappa shape index (κ3) is 1.80. The summed E-state index contributed by atoms with van der Waals surface area (Å²) >= 11 is 0. The van der Waals surface area contributed by atoms with E-state index >= 15 is 0 Å². The molecule has 118 valence electrons. The Morgan fingerprint density at radius 2 is 1.96 bits per heavy atom. The molecule has 3 N–H and O–H groups in total. The van der Waals surface area contributed by atoms with Gasteiger partial charge < -0.3 is 15.4 Å². The fraction of sp³-hybridized carbons (Fsp3) is 0.150. The molecule has 2 heterocycles. The molecule has 4 heteroatoms. The molecule has 3 aromatic rings. The van der Waals surface area contributed by atoms with E-state index in [2.05, 4.69) is 28.5 Å². The first-order valence-corrected chi connectivity index (χ1v) is 8.12. The third-order valence-electron chi connectivity index (χ3n) is 4.97. The maximum absolute atomic E-state index is 12.8. The molecule has 0 fully saturated rings. The van der Waals surface area contributed by atoms with Gasteiger partial charge in [-0.25, -0.2) is 0 Å². The lowest BCUT2D eigenvalue weighted by Gasteiger charge is -2.33. The van der Waals surface area contributed by atoms with E-state index in [0.29, 0.717) is 10.8 Å². The van der Waals surface area contributed by atoms with Gasteiger partial charge in [-0.1, -0.05) is 30.4 Å². The lowest BCUT2D eigenvalue weighted by atomic mass is 9.86. The Labute approximate surface area is 138 Å². The van der Waals surface area contributed by atoms with E-state index in [0.717, 1.165) is 34.3 Å². The quantitative estimate of drug-likeness (QED) is 0.440. The van der Waals surface area contributed by atoms with Crippen LogP contribution in [0.2, 0.25) is 0 Å². The number of fused-ring (bicyclic) bond motifs is 4. The summed E-state index contributed by atoms with van der Waals surface area (Å²) < 4.78 is 0. The smallest absolute Gasteiger partial charge is 0.197 e. The number of pyridine rings is 1. The minimum absolute atomic E-state index is 0.00163. The minimum atomic E-state index is -0.643. The van der Waals surface area contributed by atoms with Crippen molar-refractivity contribution in [3.63, 3.8) is 0 Å². The maximum atomic E-state index is 12.8. The largest absolute Gasteiger partial charge is 0.384 e. The van der Waals surface area contributed by atoms with Gasteiger partial charge in [0.2, 0.25) is 0 Å². The van der Waals surface area contributed by atoms with Gasteiger partial charge in [-0.2, -0.15) is 0 Å². The Morgan fingerprint density at radius 3 is 2.88 bits per heavy atom. The molecule has 0 saturated carbocycles. The van der Waals surface area contributed by atoms with Crippen LogP contribution in [0.5, 0.6) is 0 Å². The summed E-state index contributed by atoms with van der Waals surface area (Å²) in [6.07, 6.45) is 6.42. The normalized spacial score (nSPS) is 22.0. The average Bonchev–Trinajstić information content (AvgIpc) is 2.62. The average molecular weight is 316 g/mol. The molecule has 1 aromatic heterocycles. The van der Waals surface area contributed by atoms with E-state index in [4.69, 9.17) is 0 Å². The Kier molecular flexibility index (Phi) is 2.73. The van der Waals surface area contributed by atoms with Crippen molar-refractivity contribution in [2.24, 2.45) is 0 Å². The van der Waals surface area contributed by atoms with Crippen LogP contribution in [-0.4, -0.2) is 16.1 Å². The maximum Gasteiger partial charge on any atom is 0.197 e. The molecule has 0 radical (unpaired) electrons. The van der Waals surface area contributed by atoms with Crippen LogP contribution in [0, 0.1) is 0 Å². The van der Waals surface area contributed by atoms with Crippen molar-refractivity contribution in [1.82, 2.24) is 4.98 Å². The highest BCUT2D eigenvalue weighted by molar-refractivity contribution is 5.95. The van der Waals surface area contributed by atoms with Gasteiger partial charge in [0.15, 0.2) is 5.43 Å². The SMILES string of the molecule is O=c1c2ccccc2[nH]c2cc3c(cc12)NC1C=CCC=C1C3O. The number of aliphatic hydroxyl groups excluding tert-OH is 1. The van der Waals surface area contributed by atoms with Crippen molar-refractivity contribution < 1.29 is 5.11 Å². The number of nitrogens with one attached hydrogen (secondary N) is 2. The zero-order valence-electron chi connectivity index (χ0n) is 12.9. The Bertz CT molecular complexity index is 1110. The van der Waals surface area contributed by atoms with E-state index in [1.165, 1.54) is 0 Å². The molecule has 1 aliphatic heterocycles. The van der Waals surface area contributed by atoms with Gasteiger partial charge in [0, 0.05) is 27.5 Å². The summed E-state index contributed by atoms with van der Waals surface area (Å²) in [4.78, 5) is 16.1. The van der Waals surface area contributed by atoms with Gasteiger partial charge in [-0.15, -0.1) is 0 Å². The van der Waals surface area contributed by atoms with Crippen LogP contribution >= 0.6 is 0 Å². The molecule has 0 amide bonds. The van der Waals surface area contributed by atoms with E-state index in [1.54, 1.807) is 0 Å². The predicted octanol–water partition coefficient (Wildman–Crippen LogP) is 3.40. The van der Waals surface area contributed by atoms with E-state index in [-0.39, 0.29) is 11.5 Å². The number of hydrogen-bond donors (Lipinski definition) is 3. The molecule has 2 unspecified atom stereocenters. The Hall–Kier alpha value is -2.85. The molecule has 0 spiro atoms. The molecule has 2 atom stereocenters. The predicted molar refractivity (Wildman–Crippen MR) is 96.3 cm³/mol. The van der Waals surface area contributed by atoms with Crippen LogP contribution < -0.4 is 10.7 Å². The van der Waals surface area contributed by atoms with E-state index in [9.17, 15) is 9.90 Å². The lowest BCUT2D eigenvalue weighted by molar-refractivity contribution is 0.208. The van der Waals surface area contributed by atoms with Crippen molar-refractivity contribution in [1.29, 1.82) is 0 Å². The zero-order chi connectivity index (χ0) is 16.3. The summed E-state index contributed by atoms with van der Waals surface area (Å²) in [6, 6.07) is 11.3. The number of H-pyrrole nitrogens is 1. The minimum Gasteiger partial charge on any atom is -0.384 e. The Morgan fingerprint density at radius 1 is 1.08 bits per heavy atom. The second kappa shape index (κ2) is 4.82. The van der Waals surface area contributed by atoms with E-state index < -0.39 is 6.10 Å². The molecular weight excluding hydrogens is 300 g/mol. The zero-order valence-corrected chi connectivity index (χ0v) is 12.9. The first-order valence-electron chi connectivity index (χ1n) is 8.12. The molecule has 2 aliphatic rings. The van der Waals surface area contributed by atoms with Crippen LogP contribution in [0.3, 0.4) is 0 Å².